The van der Waals surface area contributed by atoms with Crippen LogP contribution >= 0.6 is 17.0 Å². The number of hydrogen-bond acceptors (Lipinski definition) is 0. The minimum atomic E-state index is -0.826. The third-order valence-electron chi connectivity index (χ3n) is 11.2. The van der Waals surface area contributed by atoms with Crippen molar-refractivity contribution in [3.05, 3.63) is 161 Å². The molecule has 0 spiro atoms. The quantitative estimate of drug-likeness (QED) is 0.155. The third kappa shape index (κ3) is 8.01. The summed E-state index contributed by atoms with van der Waals surface area (Å²) in [5.74, 6) is 0. The molecule has 0 amide bonds. The molecule has 8 aromatic carbocycles. The molecule has 0 aliphatic carbocycles. The zero-order valence-corrected chi connectivity index (χ0v) is 36.7. The Kier molecular flexibility index (Phi) is 14.0. The van der Waals surface area contributed by atoms with E-state index in [0.717, 1.165) is 12.8 Å². The molecular weight excluding hydrogens is 763 g/mol. The molecule has 0 fully saturated rings. The molecule has 0 saturated heterocycles. The zero-order valence-electron chi connectivity index (χ0n) is 32.8. The van der Waals surface area contributed by atoms with Gasteiger partial charge in [-0.15, -0.1) is 55.9 Å². The SMILES string of the molecule is CCc1cc2c(-c3cccc4ccccc34)c(C)c(C)c(C)c2[cH-]1.CCc1cc2c(-c3cccc4ccccc34)c(C)c(C)c(C)c2[cH-]1.[CH2-]C.[Cl][Zr][Cl]. The van der Waals surface area contributed by atoms with E-state index in [-0.39, 0.29) is 0 Å². The molecule has 0 atom stereocenters. The van der Waals surface area contributed by atoms with Crippen LogP contribution in [0.1, 0.15) is 65.3 Å². The van der Waals surface area contributed by atoms with Gasteiger partial charge < -0.3 is 6.92 Å². The number of fused-ring (bicyclic) bond motifs is 4. The Morgan fingerprint density at radius 1 is 0.472 bits per heavy atom. The van der Waals surface area contributed by atoms with E-state index in [4.69, 9.17) is 17.0 Å². The first-order valence-electron chi connectivity index (χ1n) is 18.7. The van der Waals surface area contributed by atoms with Gasteiger partial charge in [0.05, 0.1) is 0 Å². The van der Waals surface area contributed by atoms with Crippen molar-refractivity contribution in [3.8, 4) is 22.3 Å². The summed E-state index contributed by atoms with van der Waals surface area (Å²) in [6.07, 6.45) is 2.17. The Balaban J connectivity index is 0.000000183. The van der Waals surface area contributed by atoms with Gasteiger partial charge in [-0.1, -0.05) is 146 Å². The first-order valence-corrected chi connectivity index (χ1v) is 25.0. The van der Waals surface area contributed by atoms with Crippen molar-refractivity contribution >= 4 is 60.1 Å². The maximum absolute atomic E-state index is 4.93. The Hall–Kier alpha value is -3.48. The van der Waals surface area contributed by atoms with Gasteiger partial charge in [0.15, 0.2) is 0 Å². The summed E-state index contributed by atoms with van der Waals surface area (Å²) in [4.78, 5) is 0. The molecule has 3 heteroatoms. The topological polar surface area (TPSA) is 0 Å². The van der Waals surface area contributed by atoms with Crippen LogP contribution in [-0.2, 0) is 33.7 Å². The van der Waals surface area contributed by atoms with Crippen molar-refractivity contribution in [1.82, 2.24) is 0 Å². The van der Waals surface area contributed by atoms with E-state index in [2.05, 4.69) is 172 Å². The standard InChI is InChI=1S/2C24H23.C2H5.2ClH.Zr/c2*1-5-18-13-22-16(3)15(2)17(4)24(23(22)14-18)21-12-8-10-19-9-6-7-11-20(19)21;1-2;;;/h2*6-14H,5H2,1-4H3;1H2,2H3;2*1H;/q3*-1;;;+2/p-2. The zero-order chi connectivity index (χ0) is 38.4. The van der Waals surface area contributed by atoms with Crippen molar-refractivity contribution in [2.45, 2.75) is 75.2 Å². The third-order valence-corrected chi connectivity index (χ3v) is 11.2. The second-order valence-corrected chi connectivity index (χ2v) is 17.4. The summed E-state index contributed by atoms with van der Waals surface area (Å²) in [6.45, 7) is 23.1. The number of hydrogen-bond donors (Lipinski definition) is 0. The van der Waals surface area contributed by atoms with Crippen LogP contribution in [0.5, 0.6) is 0 Å². The van der Waals surface area contributed by atoms with Gasteiger partial charge in [-0.3, -0.25) is 0 Å². The van der Waals surface area contributed by atoms with E-state index in [1.807, 2.05) is 0 Å². The molecule has 0 bridgehead atoms. The van der Waals surface area contributed by atoms with Gasteiger partial charge in [-0.05, 0) is 73.2 Å². The van der Waals surface area contributed by atoms with Gasteiger partial charge >= 0.3 is 37.9 Å². The maximum atomic E-state index is 4.93. The molecule has 53 heavy (non-hydrogen) atoms. The molecule has 0 unspecified atom stereocenters. The molecule has 0 N–H and O–H groups in total. The minimum absolute atomic E-state index is 0.826. The fourth-order valence-electron chi connectivity index (χ4n) is 7.90. The molecule has 0 aliphatic rings. The molecule has 8 aromatic rings. The number of benzene rings is 6. The van der Waals surface area contributed by atoms with Gasteiger partial charge in [0, 0.05) is 0 Å². The van der Waals surface area contributed by atoms with Crippen molar-refractivity contribution < 1.29 is 20.8 Å². The van der Waals surface area contributed by atoms with Crippen molar-refractivity contribution in [2.75, 3.05) is 0 Å². The van der Waals surface area contributed by atoms with E-state index in [0.29, 0.717) is 0 Å². The summed E-state index contributed by atoms with van der Waals surface area (Å²) in [5.41, 5.74) is 16.9. The van der Waals surface area contributed by atoms with E-state index >= 15 is 0 Å². The van der Waals surface area contributed by atoms with E-state index < -0.39 is 20.8 Å². The first-order chi connectivity index (χ1) is 25.6. The Bertz CT molecular complexity index is 2320. The Morgan fingerprint density at radius 3 is 1.17 bits per heavy atom. The van der Waals surface area contributed by atoms with E-state index in [9.17, 15) is 0 Å². The predicted octanol–water partition coefficient (Wildman–Crippen LogP) is 16.0. The summed E-state index contributed by atoms with van der Waals surface area (Å²) < 4.78 is 0. The summed E-state index contributed by atoms with van der Waals surface area (Å²) in [7, 11) is 9.87. The Labute approximate surface area is 336 Å². The van der Waals surface area contributed by atoms with Crippen molar-refractivity contribution in [1.29, 1.82) is 0 Å². The second-order valence-electron chi connectivity index (χ2n) is 13.7. The van der Waals surface area contributed by atoms with Crippen LogP contribution in [0.15, 0.2) is 109 Å². The molecular formula is C50H51Cl2Zr-3. The molecule has 0 saturated carbocycles. The molecule has 0 nitrogen and oxygen atoms in total. The van der Waals surface area contributed by atoms with Gasteiger partial charge in [0.1, 0.15) is 0 Å². The molecule has 0 aliphatic heterocycles. The van der Waals surface area contributed by atoms with E-state index in [1.165, 1.54) is 110 Å². The average Bonchev–Trinajstić information content (AvgIpc) is 3.83. The van der Waals surface area contributed by atoms with Crippen LogP contribution in [0.4, 0.5) is 0 Å². The van der Waals surface area contributed by atoms with Gasteiger partial charge in [0.25, 0.3) is 0 Å². The number of rotatable bonds is 4. The summed E-state index contributed by atoms with van der Waals surface area (Å²) in [6, 6.07) is 40.3. The van der Waals surface area contributed by atoms with Crippen LogP contribution in [0.3, 0.4) is 0 Å². The fourth-order valence-corrected chi connectivity index (χ4v) is 7.90. The van der Waals surface area contributed by atoms with E-state index in [1.54, 1.807) is 6.92 Å². The van der Waals surface area contributed by atoms with Gasteiger partial charge in [-0.2, -0.15) is 19.1 Å². The average molecular weight is 814 g/mol. The first kappa shape index (κ1) is 40.7. The predicted molar refractivity (Wildman–Crippen MR) is 235 cm³/mol. The van der Waals surface area contributed by atoms with Crippen molar-refractivity contribution in [2.24, 2.45) is 0 Å². The molecule has 0 heterocycles. The van der Waals surface area contributed by atoms with Gasteiger partial charge in [0.2, 0.25) is 0 Å². The van der Waals surface area contributed by atoms with Crippen LogP contribution in [0.2, 0.25) is 0 Å². The van der Waals surface area contributed by atoms with Crippen LogP contribution in [-0.4, -0.2) is 0 Å². The number of aryl methyl sites for hydroxylation is 4. The van der Waals surface area contributed by atoms with Crippen molar-refractivity contribution in [3.63, 3.8) is 0 Å². The monoisotopic (exact) mass is 811 g/mol. The normalized spacial score (nSPS) is 10.8. The Morgan fingerprint density at radius 2 is 0.811 bits per heavy atom. The number of halogens is 2. The summed E-state index contributed by atoms with van der Waals surface area (Å²) in [5, 5.41) is 10.9. The van der Waals surface area contributed by atoms with Crippen LogP contribution < -0.4 is 0 Å². The molecule has 8 rings (SSSR count). The molecule has 0 radical (unpaired) electrons. The fraction of sp³-hybridized carbons (Fsp3) is 0.220. The molecule has 0 aromatic heterocycles. The van der Waals surface area contributed by atoms with Crippen LogP contribution in [0, 0.1) is 48.5 Å². The molecule has 272 valence electrons. The van der Waals surface area contributed by atoms with Crippen LogP contribution in [0.25, 0.3) is 65.3 Å². The van der Waals surface area contributed by atoms with Gasteiger partial charge in [-0.25, -0.2) is 0 Å². The second kappa shape index (κ2) is 18.2. The summed E-state index contributed by atoms with van der Waals surface area (Å²) >= 11 is -0.826.